The fraction of sp³-hybridized carbons (Fsp3) is 0.273. The number of aryl methyl sites for hydroxylation is 2. The molecule has 0 amide bonds. The van der Waals surface area contributed by atoms with Crippen molar-refractivity contribution in [2.45, 2.75) is 20.3 Å². The lowest BCUT2D eigenvalue weighted by atomic mass is 9.98. The van der Waals surface area contributed by atoms with E-state index in [0.29, 0.717) is 12.0 Å². The van der Waals surface area contributed by atoms with Crippen molar-refractivity contribution in [3.05, 3.63) is 34.4 Å². The third-order valence-electron chi connectivity index (χ3n) is 1.99. The third-order valence-corrected chi connectivity index (χ3v) is 1.99. The Balaban J connectivity index is 3.34. The van der Waals surface area contributed by atoms with Crippen LogP contribution in [0.1, 0.15) is 22.3 Å². The number of nitrogens with zero attached hydrogens (tertiary/aromatic N) is 2. The molecule has 0 spiro atoms. The average Bonchev–Trinajstić information content (AvgIpc) is 2.09. The zero-order valence-electron chi connectivity index (χ0n) is 7.76. The van der Waals surface area contributed by atoms with Gasteiger partial charge in [0.05, 0.1) is 24.1 Å². The van der Waals surface area contributed by atoms with Crippen molar-refractivity contribution >= 4 is 0 Å². The molecule has 0 aliphatic heterocycles. The molecule has 2 nitrogen and oxygen atoms in total. The van der Waals surface area contributed by atoms with Crippen molar-refractivity contribution in [2.75, 3.05) is 0 Å². The van der Waals surface area contributed by atoms with E-state index in [4.69, 9.17) is 10.5 Å². The van der Waals surface area contributed by atoms with Crippen LogP contribution in [-0.4, -0.2) is 0 Å². The minimum absolute atomic E-state index is 0.314. The van der Waals surface area contributed by atoms with Crippen molar-refractivity contribution in [3.8, 4) is 12.1 Å². The number of hydrogen-bond acceptors (Lipinski definition) is 2. The molecule has 0 aliphatic carbocycles. The molecule has 0 atom stereocenters. The van der Waals surface area contributed by atoms with E-state index >= 15 is 0 Å². The molecule has 2 heteroatoms. The van der Waals surface area contributed by atoms with Crippen LogP contribution in [0.2, 0.25) is 0 Å². The van der Waals surface area contributed by atoms with Gasteiger partial charge in [-0.1, -0.05) is 6.07 Å². The molecule has 0 saturated heterocycles. The highest BCUT2D eigenvalue weighted by atomic mass is 14.3. The van der Waals surface area contributed by atoms with Gasteiger partial charge in [-0.2, -0.15) is 10.5 Å². The predicted octanol–water partition coefficient (Wildman–Crippen LogP) is 2.24. The first-order chi connectivity index (χ1) is 6.19. The van der Waals surface area contributed by atoms with E-state index in [9.17, 15) is 0 Å². The first-order valence-electron chi connectivity index (χ1n) is 4.06. The molecule has 0 aromatic heterocycles. The van der Waals surface area contributed by atoms with Crippen molar-refractivity contribution in [1.82, 2.24) is 0 Å². The summed E-state index contributed by atoms with van der Waals surface area (Å²) in [6.45, 7) is 3.88. The highest BCUT2D eigenvalue weighted by Gasteiger charge is 2.05. The molecule has 0 saturated carbocycles. The van der Waals surface area contributed by atoms with E-state index < -0.39 is 0 Å². The Morgan fingerprint density at radius 2 is 1.92 bits per heavy atom. The quantitative estimate of drug-likeness (QED) is 0.648. The second-order valence-corrected chi connectivity index (χ2v) is 3.05. The summed E-state index contributed by atoms with van der Waals surface area (Å²) in [6.07, 6.45) is 0.314. The molecule has 0 unspecified atom stereocenters. The van der Waals surface area contributed by atoms with Gasteiger partial charge < -0.3 is 0 Å². The Kier molecular flexibility index (Phi) is 2.67. The van der Waals surface area contributed by atoms with Gasteiger partial charge in [0.25, 0.3) is 0 Å². The Morgan fingerprint density at radius 3 is 2.46 bits per heavy atom. The van der Waals surface area contributed by atoms with Crippen molar-refractivity contribution < 1.29 is 0 Å². The van der Waals surface area contributed by atoms with E-state index in [-0.39, 0.29) is 0 Å². The average molecular weight is 170 g/mol. The zero-order valence-corrected chi connectivity index (χ0v) is 7.76. The van der Waals surface area contributed by atoms with Crippen LogP contribution in [0.5, 0.6) is 0 Å². The molecule has 0 aliphatic rings. The summed E-state index contributed by atoms with van der Waals surface area (Å²) in [5.74, 6) is 0. The summed E-state index contributed by atoms with van der Waals surface area (Å²) in [7, 11) is 0. The van der Waals surface area contributed by atoms with Crippen molar-refractivity contribution in [2.24, 2.45) is 0 Å². The van der Waals surface area contributed by atoms with Gasteiger partial charge in [0.15, 0.2) is 0 Å². The molecule has 64 valence electrons. The minimum atomic E-state index is 0.314. The van der Waals surface area contributed by atoms with Crippen LogP contribution in [0.3, 0.4) is 0 Å². The molecule has 13 heavy (non-hydrogen) atoms. The molecule has 1 aromatic rings. The molecule has 0 radical (unpaired) electrons. The number of nitriles is 2. The molecule has 0 N–H and O–H groups in total. The highest BCUT2D eigenvalue weighted by Crippen LogP contribution is 2.16. The normalized spacial score (nSPS) is 8.92. The topological polar surface area (TPSA) is 47.6 Å². The Hall–Kier alpha value is -1.80. The smallest absolute Gasteiger partial charge is 0.0995 e. The van der Waals surface area contributed by atoms with Gasteiger partial charge in [0.2, 0.25) is 0 Å². The first-order valence-corrected chi connectivity index (χ1v) is 4.06. The molecule has 1 rings (SSSR count). The summed E-state index contributed by atoms with van der Waals surface area (Å²) in [5, 5.41) is 17.4. The lowest BCUT2D eigenvalue weighted by Gasteiger charge is -2.05. The van der Waals surface area contributed by atoms with Gasteiger partial charge in [0, 0.05) is 0 Å². The van der Waals surface area contributed by atoms with Crippen LogP contribution in [0.4, 0.5) is 0 Å². The largest absolute Gasteiger partial charge is 0.198 e. The van der Waals surface area contributed by atoms with Crippen LogP contribution >= 0.6 is 0 Å². The second-order valence-electron chi connectivity index (χ2n) is 3.05. The Bertz CT molecular complexity index is 405. The fourth-order valence-corrected chi connectivity index (χ4v) is 1.41. The van der Waals surface area contributed by atoms with Crippen molar-refractivity contribution in [3.63, 3.8) is 0 Å². The van der Waals surface area contributed by atoms with E-state index in [1.807, 2.05) is 26.0 Å². The number of rotatable bonds is 1. The second kappa shape index (κ2) is 3.74. The molecular weight excluding hydrogens is 160 g/mol. The van der Waals surface area contributed by atoms with E-state index in [1.165, 1.54) is 0 Å². The van der Waals surface area contributed by atoms with E-state index in [1.54, 1.807) is 0 Å². The SMILES string of the molecule is Cc1cc(C)c(CC#N)c(C#N)c1. The highest BCUT2D eigenvalue weighted by molar-refractivity contribution is 5.46. The maximum absolute atomic E-state index is 8.83. The van der Waals surface area contributed by atoms with Crippen molar-refractivity contribution in [1.29, 1.82) is 10.5 Å². The van der Waals surface area contributed by atoms with Gasteiger partial charge in [-0.05, 0) is 36.6 Å². The first kappa shape index (κ1) is 9.29. The number of hydrogen-bond donors (Lipinski definition) is 0. The molecule has 0 heterocycles. The summed E-state index contributed by atoms with van der Waals surface area (Å²) in [6, 6.07) is 7.99. The third kappa shape index (κ3) is 1.86. The van der Waals surface area contributed by atoms with Crippen LogP contribution < -0.4 is 0 Å². The molecule has 1 aromatic carbocycles. The Morgan fingerprint density at radius 1 is 1.23 bits per heavy atom. The van der Waals surface area contributed by atoms with Gasteiger partial charge in [-0.25, -0.2) is 0 Å². The zero-order chi connectivity index (χ0) is 9.84. The summed E-state index contributed by atoms with van der Waals surface area (Å²) in [4.78, 5) is 0. The van der Waals surface area contributed by atoms with E-state index in [2.05, 4.69) is 12.1 Å². The lowest BCUT2D eigenvalue weighted by Crippen LogP contribution is -1.94. The summed E-state index contributed by atoms with van der Waals surface area (Å²) in [5.41, 5.74) is 3.57. The summed E-state index contributed by atoms with van der Waals surface area (Å²) < 4.78 is 0. The summed E-state index contributed by atoms with van der Waals surface area (Å²) >= 11 is 0. The monoisotopic (exact) mass is 170 g/mol. The van der Waals surface area contributed by atoms with Gasteiger partial charge in [-0.3, -0.25) is 0 Å². The standard InChI is InChI=1S/C11H10N2/c1-8-5-9(2)11(3-4-12)10(6-8)7-13/h5-6H,3H2,1-2H3. The fourth-order valence-electron chi connectivity index (χ4n) is 1.41. The molecule has 0 bridgehead atoms. The van der Waals surface area contributed by atoms with Crippen LogP contribution in [0.15, 0.2) is 12.1 Å². The predicted molar refractivity (Wildman–Crippen MR) is 49.9 cm³/mol. The maximum Gasteiger partial charge on any atom is 0.0995 e. The maximum atomic E-state index is 8.83. The van der Waals surface area contributed by atoms with Gasteiger partial charge in [-0.15, -0.1) is 0 Å². The lowest BCUT2D eigenvalue weighted by molar-refractivity contribution is 1.18. The van der Waals surface area contributed by atoms with Gasteiger partial charge in [0.1, 0.15) is 0 Å². The minimum Gasteiger partial charge on any atom is -0.198 e. The van der Waals surface area contributed by atoms with Gasteiger partial charge >= 0.3 is 0 Å². The van der Waals surface area contributed by atoms with Crippen LogP contribution in [0, 0.1) is 36.5 Å². The molecule has 0 fully saturated rings. The van der Waals surface area contributed by atoms with Crippen LogP contribution in [0.25, 0.3) is 0 Å². The van der Waals surface area contributed by atoms with Crippen LogP contribution in [-0.2, 0) is 6.42 Å². The molecular formula is C11H10N2. The van der Waals surface area contributed by atoms with E-state index in [0.717, 1.165) is 16.7 Å². The number of benzene rings is 1. The Labute approximate surface area is 78.0 Å².